The number of hydrogen-bond acceptors (Lipinski definition) is 8. The van der Waals surface area contributed by atoms with Crippen LogP contribution in [0.15, 0.2) is 12.4 Å². The van der Waals surface area contributed by atoms with Crippen LogP contribution in [0.1, 0.15) is 81.6 Å². The first kappa shape index (κ1) is 28.8. The highest BCUT2D eigenvalue weighted by atomic mass is 16.6. The number of esters is 3. The number of carbonyl (C=O) groups is 3. The van der Waals surface area contributed by atoms with Crippen molar-refractivity contribution in [3.05, 3.63) is 12.4 Å². The van der Waals surface area contributed by atoms with Gasteiger partial charge in [0.05, 0.1) is 19.3 Å². The number of hydrogen-bond donors (Lipinski definition) is 1. The van der Waals surface area contributed by atoms with Gasteiger partial charge in [-0.2, -0.15) is 0 Å². The maximum atomic E-state index is 12.0. The summed E-state index contributed by atoms with van der Waals surface area (Å²) in [5, 5.41) is 3.03. The SMILES string of the molecule is CC(C)(C)OC(=O)CCN/C=C/N(CCC(=O)OC(C)(C)C)CCC(=O)OC(C)(C)C. The molecule has 0 unspecified atom stereocenters. The Morgan fingerprint density at radius 1 is 0.677 bits per heavy atom. The third-order valence-corrected chi connectivity index (χ3v) is 3.34. The molecule has 1 N–H and O–H groups in total. The quantitative estimate of drug-likeness (QED) is 0.295. The van der Waals surface area contributed by atoms with Gasteiger partial charge in [0.25, 0.3) is 0 Å². The molecule has 0 radical (unpaired) electrons. The van der Waals surface area contributed by atoms with Crippen LogP contribution in [-0.4, -0.2) is 59.2 Å². The summed E-state index contributed by atoms with van der Waals surface area (Å²) >= 11 is 0. The second-order valence-corrected chi connectivity index (χ2v) is 10.3. The lowest BCUT2D eigenvalue weighted by Gasteiger charge is -2.24. The molecule has 8 heteroatoms. The van der Waals surface area contributed by atoms with Crippen molar-refractivity contribution in [1.29, 1.82) is 0 Å². The molecular formula is C23H42N2O6. The average molecular weight is 443 g/mol. The van der Waals surface area contributed by atoms with E-state index in [1.165, 1.54) is 0 Å². The van der Waals surface area contributed by atoms with Crippen molar-refractivity contribution in [2.24, 2.45) is 0 Å². The van der Waals surface area contributed by atoms with E-state index < -0.39 is 16.8 Å². The van der Waals surface area contributed by atoms with Crippen molar-refractivity contribution in [2.75, 3.05) is 19.6 Å². The van der Waals surface area contributed by atoms with Crippen LogP contribution in [0.3, 0.4) is 0 Å². The van der Waals surface area contributed by atoms with Gasteiger partial charge in [0.1, 0.15) is 16.8 Å². The van der Waals surface area contributed by atoms with Crippen LogP contribution < -0.4 is 5.32 Å². The Hall–Kier alpha value is -2.25. The molecule has 0 bridgehead atoms. The Kier molecular flexibility index (Phi) is 11.7. The Balaban J connectivity index is 4.67. The summed E-state index contributed by atoms with van der Waals surface area (Å²) in [6, 6.07) is 0. The van der Waals surface area contributed by atoms with E-state index in [0.29, 0.717) is 19.6 Å². The molecule has 31 heavy (non-hydrogen) atoms. The first-order chi connectivity index (χ1) is 14.0. The van der Waals surface area contributed by atoms with Crippen LogP contribution in [0.2, 0.25) is 0 Å². The van der Waals surface area contributed by atoms with E-state index in [-0.39, 0.29) is 37.2 Å². The largest absolute Gasteiger partial charge is 0.460 e. The molecule has 0 saturated heterocycles. The number of carbonyl (C=O) groups excluding carboxylic acids is 3. The fourth-order valence-corrected chi connectivity index (χ4v) is 2.32. The molecule has 0 atom stereocenters. The molecule has 0 heterocycles. The van der Waals surface area contributed by atoms with E-state index in [2.05, 4.69) is 5.32 Å². The Labute approximate surface area is 187 Å². The minimum absolute atomic E-state index is 0.188. The highest BCUT2D eigenvalue weighted by molar-refractivity contribution is 5.71. The first-order valence-electron chi connectivity index (χ1n) is 10.8. The van der Waals surface area contributed by atoms with Gasteiger partial charge in [-0.1, -0.05) is 0 Å². The van der Waals surface area contributed by atoms with E-state index in [1.807, 2.05) is 67.2 Å². The van der Waals surface area contributed by atoms with Crippen LogP contribution >= 0.6 is 0 Å². The zero-order chi connectivity index (χ0) is 24.3. The highest BCUT2D eigenvalue weighted by Crippen LogP contribution is 2.11. The van der Waals surface area contributed by atoms with Crippen LogP contribution in [-0.2, 0) is 28.6 Å². The van der Waals surface area contributed by atoms with Crippen LogP contribution in [0, 0.1) is 0 Å². The summed E-state index contributed by atoms with van der Waals surface area (Å²) in [5.74, 6) is -0.887. The highest BCUT2D eigenvalue weighted by Gasteiger charge is 2.19. The molecule has 0 spiro atoms. The van der Waals surface area contributed by atoms with E-state index in [1.54, 1.807) is 12.4 Å². The predicted octanol–water partition coefficient (Wildman–Crippen LogP) is 3.54. The number of ether oxygens (including phenoxy) is 3. The van der Waals surface area contributed by atoms with Crippen LogP contribution in [0.4, 0.5) is 0 Å². The zero-order valence-corrected chi connectivity index (χ0v) is 20.8. The van der Waals surface area contributed by atoms with Gasteiger partial charge < -0.3 is 24.4 Å². The number of nitrogens with zero attached hydrogens (tertiary/aromatic N) is 1. The smallest absolute Gasteiger partial charge is 0.308 e. The normalized spacial score (nSPS) is 12.4. The second kappa shape index (κ2) is 12.6. The zero-order valence-electron chi connectivity index (χ0n) is 20.8. The van der Waals surface area contributed by atoms with Gasteiger partial charge in [0.2, 0.25) is 0 Å². The molecule has 0 aromatic rings. The fourth-order valence-electron chi connectivity index (χ4n) is 2.32. The van der Waals surface area contributed by atoms with Crippen LogP contribution in [0.5, 0.6) is 0 Å². The van der Waals surface area contributed by atoms with E-state index >= 15 is 0 Å². The predicted molar refractivity (Wildman–Crippen MR) is 120 cm³/mol. The summed E-state index contributed by atoms with van der Waals surface area (Å²) in [6.07, 6.45) is 4.05. The molecule has 0 aromatic heterocycles. The molecule has 8 nitrogen and oxygen atoms in total. The standard InChI is InChI=1S/C23H42N2O6/c1-21(2,3)29-18(26)10-13-24-14-17-25(15-11-19(27)30-22(4,5)6)16-12-20(28)31-23(7,8)9/h14,17,24H,10-13,15-16H2,1-9H3/b17-14+. The van der Waals surface area contributed by atoms with E-state index in [0.717, 1.165) is 0 Å². The van der Waals surface area contributed by atoms with Gasteiger partial charge in [-0.3, -0.25) is 14.4 Å². The lowest BCUT2D eigenvalue weighted by Crippen LogP contribution is -2.30. The molecule has 0 amide bonds. The third-order valence-electron chi connectivity index (χ3n) is 3.34. The summed E-state index contributed by atoms with van der Waals surface area (Å²) in [6.45, 7) is 17.6. The van der Waals surface area contributed by atoms with Crippen molar-refractivity contribution >= 4 is 17.9 Å². The van der Waals surface area contributed by atoms with Gasteiger partial charge in [-0.05, 0) is 62.3 Å². The van der Waals surface area contributed by atoms with Gasteiger partial charge in [-0.15, -0.1) is 0 Å². The van der Waals surface area contributed by atoms with Crippen LogP contribution in [0.25, 0.3) is 0 Å². The number of rotatable bonds is 11. The summed E-state index contributed by atoms with van der Waals surface area (Å²) in [7, 11) is 0. The minimum Gasteiger partial charge on any atom is -0.460 e. The Morgan fingerprint density at radius 2 is 1.03 bits per heavy atom. The number of nitrogens with one attached hydrogen (secondary N) is 1. The third kappa shape index (κ3) is 19.5. The van der Waals surface area contributed by atoms with Gasteiger partial charge in [-0.25, -0.2) is 0 Å². The Bertz CT molecular complexity index is 577. The fraction of sp³-hybridized carbons (Fsp3) is 0.783. The summed E-state index contributed by atoms with van der Waals surface area (Å²) in [4.78, 5) is 37.6. The molecule has 0 aliphatic rings. The molecule has 180 valence electrons. The second-order valence-electron chi connectivity index (χ2n) is 10.3. The van der Waals surface area contributed by atoms with Crippen molar-refractivity contribution in [1.82, 2.24) is 10.2 Å². The molecule has 0 fully saturated rings. The average Bonchev–Trinajstić information content (AvgIpc) is 2.51. The van der Waals surface area contributed by atoms with Gasteiger partial charge in [0, 0.05) is 32.0 Å². The van der Waals surface area contributed by atoms with E-state index in [4.69, 9.17) is 14.2 Å². The maximum Gasteiger partial charge on any atom is 0.308 e. The first-order valence-corrected chi connectivity index (χ1v) is 10.8. The lowest BCUT2D eigenvalue weighted by molar-refractivity contribution is -0.156. The summed E-state index contributed by atoms with van der Waals surface area (Å²) < 4.78 is 15.9. The molecular weight excluding hydrogens is 400 g/mol. The van der Waals surface area contributed by atoms with Crippen molar-refractivity contribution in [2.45, 2.75) is 98.4 Å². The monoisotopic (exact) mass is 442 g/mol. The molecule has 0 aliphatic carbocycles. The van der Waals surface area contributed by atoms with E-state index in [9.17, 15) is 14.4 Å². The topological polar surface area (TPSA) is 94.2 Å². The molecule has 0 aromatic carbocycles. The maximum absolute atomic E-state index is 12.0. The molecule has 0 rings (SSSR count). The summed E-state index contributed by atoms with van der Waals surface area (Å²) in [5.41, 5.74) is -1.60. The Morgan fingerprint density at radius 3 is 1.39 bits per heavy atom. The molecule has 0 aliphatic heterocycles. The van der Waals surface area contributed by atoms with Crippen molar-refractivity contribution in [3.8, 4) is 0 Å². The van der Waals surface area contributed by atoms with Crippen molar-refractivity contribution in [3.63, 3.8) is 0 Å². The molecule has 0 saturated carbocycles. The lowest BCUT2D eigenvalue weighted by atomic mass is 10.2. The van der Waals surface area contributed by atoms with Gasteiger partial charge >= 0.3 is 17.9 Å². The van der Waals surface area contributed by atoms with Gasteiger partial charge in [0.15, 0.2) is 0 Å². The van der Waals surface area contributed by atoms with Crippen molar-refractivity contribution < 1.29 is 28.6 Å². The minimum atomic E-state index is -0.544.